The summed E-state index contributed by atoms with van der Waals surface area (Å²) < 4.78 is 1.86. The summed E-state index contributed by atoms with van der Waals surface area (Å²) in [6.07, 6.45) is 1.94. The summed E-state index contributed by atoms with van der Waals surface area (Å²) in [4.78, 5) is 22.5. The van der Waals surface area contributed by atoms with Crippen molar-refractivity contribution in [1.29, 1.82) is 0 Å². The Morgan fingerprint density at radius 3 is 2.43 bits per heavy atom. The zero-order valence-electron chi connectivity index (χ0n) is 16.4. The molecular weight excluding hydrogens is 368 g/mol. The third-order valence-electron chi connectivity index (χ3n) is 4.64. The number of carbonyl (C=O) groups is 1. The smallest absolute Gasteiger partial charge is 0.276 e. The van der Waals surface area contributed by atoms with Crippen molar-refractivity contribution in [2.75, 3.05) is 5.32 Å². The number of nitrogens with zero attached hydrogens (tertiary/aromatic N) is 3. The van der Waals surface area contributed by atoms with Gasteiger partial charge in [-0.05, 0) is 31.4 Å². The Balaban J connectivity index is 1.80. The third-order valence-corrected chi connectivity index (χ3v) is 5.42. The van der Waals surface area contributed by atoms with Crippen LogP contribution in [0, 0.1) is 13.8 Å². The lowest BCUT2D eigenvalue weighted by molar-refractivity contribution is 0.102. The van der Waals surface area contributed by atoms with Crippen molar-refractivity contribution in [3.05, 3.63) is 70.5 Å². The van der Waals surface area contributed by atoms with E-state index in [4.69, 9.17) is 4.98 Å². The maximum Gasteiger partial charge on any atom is 0.276 e. The van der Waals surface area contributed by atoms with Gasteiger partial charge in [0.15, 0.2) is 5.13 Å². The zero-order chi connectivity index (χ0) is 19.8. The van der Waals surface area contributed by atoms with Gasteiger partial charge in [0.05, 0.1) is 5.69 Å². The Labute approximate surface area is 168 Å². The fraction of sp³-hybridized carbons (Fsp3) is 0.227. The molecule has 0 aliphatic carbocycles. The molecule has 0 bridgehead atoms. The summed E-state index contributed by atoms with van der Waals surface area (Å²) in [6, 6.07) is 12.0. The molecule has 1 N–H and O–H groups in total. The molecule has 0 saturated carbocycles. The normalized spacial score (nSPS) is 11.3. The van der Waals surface area contributed by atoms with E-state index in [0.29, 0.717) is 22.4 Å². The first kappa shape index (κ1) is 18.4. The molecule has 1 aromatic carbocycles. The molecule has 6 heteroatoms. The fourth-order valence-corrected chi connectivity index (χ4v) is 3.91. The summed E-state index contributed by atoms with van der Waals surface area (Å²) in [5, 5.41) is 5.55. The fourth-order valence-electron chi connectivity index (χ4n) is 3.05. The summed E-state index contributed by atoms with van der Waals surface area (Å²) >= 11 is 1.44. The number of aromatic nitrogens is 3. The largest absolute Gasteiger partial charge is 0.296 e. The first-order chi connectivity index (χ1) is 13.4. The van der Waals surface area contributed by atoms with Crippen LogP contribution in [0.2, 0.25) is 0 Å². The molecule has 4 aromatic rings. The Hall–Kier alpha value is -2.99. The molecule has 3 heterocycles. The average Bonchev–Trinajstić information content (AvgIpc) is 3.26. The van der Waals surface area contributed by atoms with Crippen molar-refractivity contribution in [3.63, 3.8) is 0 Å². The van der Waals surface area contributed by atoms with Gasteiger partial charge in [0.1, 0.15) is 17.0 Å². The summed E-state index contributed by atoms with van der Waals surface area (Å²) in [5.74, 6) is 0.113. The number of anilines is 1. The number of imidazole rings is 1. The van der Waals surface area contributed by atoms with E-state index in [2.05, 4.69) is 24.1 Å². The lowest BCUT2D eigenvalue weighted by Gasteiger charge is -2.06. The number of rotatable bonds is 4. The van der Waals surface area contributed by atoms with Gasteiger partial charge in [-0.25, -0.2) is 9.97 Å². The van der Waals surface area contributed by atoms with Gasteiger partial charge < -0.3 is 0 Å². The Kier molecular flexibility index (Phi) is 4.73. The van der Waals surface area contributed by atoms with E-state index in [1.54, 1.807) is 0 Å². The predicted molar refractivity (Wildman–Crippen MR) is 114 cm³/mol. The Bertz CT molecular complexity index is 1160. The van der Waals surface area contributed by atoms with Gasteiger partial charge in [-0.15, -0.1) is 11.3 Å². The van der Waals surface area contributed by atoms with Crippen LogP contribution in [0.15, 0.2) is 48.0 Å². The van der Waals surface area contributed by atoms with Crippen molar-refractivity contribution in [2.45, 2.75) is 33.6 Å². The maximum atomic E-state index is 13.2. The average molecular weight is 391 g/mol. The summed E-state index contributed by atoms with van der Waals surface area (Å²) in [5.41, 5.74) is 6.05. The van der Waals surface area contributed by atoms with Gasteiger partial charge in [0.2, 0.25) is 0 Å². The maximum absolute atomic E-state index is 13.2. The summed E-state index contributed by atoms with van der Waals surface area (Å²) in [6.45, 7) is 8.22. The van der Waals surface area contributed by atoms with Gasteiger partial charge in [-0.1, -0.05) is 49.7 Å². The van der Waals surface area contributed by atoms with Crippen LogP contribution in [0.1, 0.15) is 47.1 Å². The monoisotopic (exact) mass is 390 g/mol. The van der Waals surface area contributed by atoms with Crippen LogP contribution in [0.5, 0.6) is 0 Å². The second-order valence-electron chi connectivity index (χ2n) is 7.30. The first-order valence-electron chi connectivity index (χ1n) is 9.25. The van der Waals surface area contributed by atoms with Crippen molar-refractivity contribution >= 4 is 28.0 Å². The zero-order valence-corrected chi connectivity index (χ0v) is 17.2. The molecule has 0 spiro atoms. The lowest BCUT2D eigenvalue weighted by Crippen LogP contribution is -2.15. The van der Waals surface area contributed by atoms with Crippen molar-refractivity contribution in [3.8, 4) is 11.3 Å². The molecular formula is C22H22N4OS. The number of thiazole rings is 1. The van der Waals surface area contributed by atoms with Crippen LogP contribution in [0.3, 0.4) is 0 Å². The third kappa shape index (κ3) is 3.43. The highest BCUT2D eigenvalue weighted by atomic mass is 32.1. The van der Waals surface area contributed by atoms with Gasteiger partial charge in [0.25, 0.3) is 5.91 Å². The number of benzene rings is 1. The van der Waals surface area contributed by atoms with Crippen LogP contribution in [0.25, 0.3) is 16.9 Å². The molecule has 0 aliphatic rings. The number of carbonyl (C=O) groups excluding carboxylic acids is 1. The number of fused-ring (bicyclic) bond motifs is 1. The topological polar surface area (TPSA) is 59.3 Å². The highest BCUT2D eigenvalue weighted by Gasteiger charge is 2.22. The number of amides is 1. The van der Waals surface area contributed by atoms with Gasteiger partial charge in [0, 0.05) is 17.1 Å². The number of hydrogen-bond acceptors (Lipinski definition) is 4. The SMILES string of the molecule is Cc1ccc(-c2nc3ccc(C)cn3c2C(=O)Nc2nc(C(C)C)cs2)cc1. The van der Waals surface area contributed by atoms with Crippen LogP contribution >= 0.6 is 11.3 Å². The van der Waals surface area contributed by atoms with Crippen molar-refractivity contribution in [1.82, 2.24) is 14.4 Å². The molecule has 0 saturated heterocycles. The van der Waals surface area contributed by atoms with Crippen molar-refractivity contribution < 1.29 is 4.79 Å². The predicted octanol–water partition coefficient (Wildman–Crippen LogP) is 5.45. The highest BCUT2D eigenvalue weighted by Crippen LogP contribution is 2.27. The standard InChI is InChI=1S/C22H22N4OS/c1-13(2)17-12-28-22(23-17)25-21(27)20-19(16-8-5-14(3)6-9-16)24-18-10-7-15(4)11-26(18)20/h5-13H,1-4H3,(H,23,25,27). The molecule has 1 amide bonds. The number of nitrogens with one attached hydrogen (secondary N) is 1. The second-order valence-corrected chi connectivity index (χ2v) is 8.15. The van der Waals surface area contributed by atoms with E-state index in [-0.39, 0.29) is 5.91 Å². The minimum Gasteiger partial charge on any atom is -0.296 e. The van der Waals surface area contributed by atoms with E-state index < -0.39 is 0 Å². The van der Waals surface area contributed by atoms with Crippen molar-refractivity contribution in [2.24, 2.45) is 0 Å². The molecule has 142 valence electrons. The molecule has 3 aromatic heterocycles. The molecule has 0 radical (unpaired) electrons. The van der Waals surface area contributed by atoms with Gasteiger partial charge in [-0.3, -0.25) is 14.5 Å². The minimum atomic E-state index is -0.210. The van der Waals surface area contributed by atoms with Gasteiger partial charge >= 0.3 is 0 Å². The van der Waals surface area contributed by atoms with E-state index in [9.17, 15) is 4.79 Å². The molecule has 5 nitrogen and oxygen atoms in total. The molecule has 4 rings (SSSR count). The van der Waals surface area contributed by atoms with Crippen LogP contribution < -0.4 is 5.32 Å². The van der Waals surface area contributed by atoms with E-state index in [1.807, 2.05) is 66.2 Å². The lowest BCUT2D eigenvalue weighted by atomic mass is 10.1. The Morgan fingerprint density at radius 1 is 1.04 bits per heavy atom. The first-order valence-corrected chi connectivity index (χ1v) is 10.1. The number of aryl methyl sites for hydroxylation is 2. The van der Waals surface area contributed by atoms with Gasteiger partial charge in [-0.2, -0.15) is 0 Å². The Morgan fingerprint density at radius 2 is 1.75 bits per heavy atom. The van der Waals surface area contributed by atoms with E-state index in [0.717, 1.165) is 22.5 Å². The van der Waals surface area contributed by atoms with Crippen LogP contribution in [-0.2, 0) is 0 Å². The minimum absolute atomic E-state index is 0.210. The van der Waals surface area contributed by atoms with E-state index in [1.165, 1.54) is 16.9 Å². The molecule has 0 aliphatic heterocycles. The van der Waals surface area contributed by atoms with Crippen LogP contribution in [-0.4, -0.2) is 20.3 Å². The molecule has 28 heavy (non-hydrogen) atoms. The number of pyridine rings is 1. The van der Waals surface area contributed by atoms with Crippen LogP contribution in [0.4, 0.5) is 5.13 Å². The quantitative estimate of drug-likeness (QED) is 0.504. The molecule has 0 unspecified atom stereocenters. The number of hydrogen-bond donors (Lipinski definition) is 1. The second kappa shape index (κ2) is 7.20. The van der Waals surface area contributed by atoms with E-state index >= 15 is 0 Å². The highest BCUT2D eigenvalue weighted by molar-refractivity contribution is 7.14. The molecule has 0 fully saturated rings. The summed E-state index contributed by atoms with van der Waals surface area (Å²) in [7, 11) is 0. The molecule has 0 atom stereocenters.